The van der Waals surface area contributed by atoms with Crippen LogP contribution in [0.2, 0.25) is 0 Å². The van der Waals surface area contributed by atoms with Crippen LogP contribution in [0.15, 0.2) is 53.6 Å². The minimum Gasteiger partial charge on any atom is -0.489 e. The third-order valence-corrected chi connectivity index (χ3v) is 4.97. The first-order chi connectivity index (χ1) is 15.2. The van der Waals surface area contributed by atoms with Gasteiger partial charge in [-0.1, -0.05) is 6.07 Å². The second kappa shape index (κ2) is 8.26. The maximum absolute atomic E-state index is 12.9. The van der Waals surface area contributed by atoms with Gasteiger partial charge in [0.2, 0.25) is 0 Å². The summed E-state index contributed by atoms with van der Waals surface area (Å²) in [5, 5.41) is 9.45. The number of hydrogen-bond donors (Lipinski definition) is 0. The third-order valence-electron chi connectivity index (χ3n) is 4.97. The van der Waals surface area contributed by atoms with E-state index in [1.54, 1.807) is 16.7 Å². The van der Waals surface area contributed by atoms with Crippen molar-refractivity contribution in [2.45, 2.75) is 19.3 Å². The van der Waals surface area contributed by atoms with Crippen molar-refractivity contribution in [2.75, 3.05) is 18.5 Å². The lowest BCUT2D eigenvalue weighted by atomic mass is 10.1. The molecule has 0 fully saturated rings. The summed E-state index contributed by atoms with van der Waals surface area (Å²) in [6, 6.07) is 10.6. The molecule has 2 aromatic heterocycles. The van der Waals surface area contributed by atoms with Crippen LogP contribution in [0.4, 0.5) is 19.0 Å². The first kappa shape index (κ1) is 21.2. The van der Waals surface area contributed by atoms with Crippen LogP contribution in [0.25, 0.3) is 0 Å². The highest BCUT2D eigenvalue weighted by Gasteiger charge is 2.31. The van der Waals surface area contributed by atoms with E-state index in [0.29, 0.717) is 24.1 Å². The zero-order valence-corrected chi connectivity index (χ0v) is 16.9. The molecular formula is C22H17F3N4O3. The number of fused-ring (bicyclic) bond motifs is 1. The van der Waals surface area contributed by atoms with Crippen LogP contribution in [0.5, 0.6) is 17.2 Å². The highest BCUT2D eigenvalue weighted by Crippen LogP contribution is 2.33. The number of alkyl halides is 3. The van der Waals surface area contributed by atoms with Crippen molar-refractivity contribution < 1.29 is 22.6 Å². The van der Waals surface area contributed by atoms with Gasteiger partial charge in [-0.15, -0.1) is 0 Å². The van der Waals surface area contributed by atoms with Crippen molar-refractivity contribution in [1.82, 2.24) is 9.55 Å². The summed E-state index contributed by atoms with van der Waals surface area (Å²) in [7, 11) is 1.89. The van der Waals surface area contributed by atoms with Crippen molar-refractivity contribution >= 4 is 5.82 Å². The lowest BCUT2D eigenvalue weighted by molar-refractivity contribution is -0.137. The molecule has 1 aromatic carbocycles. The predicted molar refractivity (Wildman–Crippen MR) is 109 cm³/mol. The number of benzene rings is 1. The minimum absolute atomic E-state index is 0.0900. The molecule has 10 heteroatoms. The van der Waals surface area contributed by atoms with Crippen molar-refractivity contribution in [3.63, 3.8) is 0 Å². The molecule has 0 spiro atoms. The van der Waals surface area contributed by atoms with Crippen molar-refractivity contribution in [2.24, 2.45) is 0 Å². The third kappa shape index (κ3) is 4.37. The van der Waals surface area contributed by atoms with Gasteiger partial charge in [0.1, 0.15) is 35.7 Å². The molecule has 3 heterocycles. The van der Waals surface area contributed by atoms with Crippen molar-refractivity contribution in [3.05, 3.63) is 75.8 Å². The fourth-order valence-electron chi connectivity index (χ4n) is 3.31. The Morgan fingerprint density at radius 2 is 1.94 bits per heavy atom. The first-order valence-corrected chi connectivity index (χ1v) is 9.56. The molecule has 3 aromatic rings. The van der Waals surface area contributed by atoms with E-state index in [4.69, 9.17) is 9.47 Å². The molecule has 1 aliphatic heterocycles. The first-order valence-electron chi connectivity index (χ1n) is 9.56. The normalized spacial score (nSPS) is 12.9. The van der Waals surface area contributed by atoms with E-state index in [1.807, 2.05) is 18.0 Å². The largest absolute Gasteiger partial charge is 0.489 e. The number of anilines is 1. The Labute approximate surface area is 180 Å². The van der Waals surface area contributed by atoms with Gasteiger partial charge in [0, 0.05) is 38.5 Å². The number of hydrogen-bond acceptors (Lipinski definition) is 6. The average molecular weight is 442 g/mol. The number of pyridine rings is 2. The fraction of sp³-hybridized carbons (Fsp3) is 0.227. The van der Waals surface area contributed by atoms with E-state index >= 15 is 0 Å². The molecule has 0 saturated heterocycles. The number of halogens is 3. The highest BCUT2D eigenvalue weighted by molar-refractivity contribution is 5.48. The smallest absolute Gasteiger partial charge is 0.418 e. The van der Waals surface area contributed by atoms with E-state index in [0.717, 1.165) is 24.6 Å². The summed E-state index contributed by atoms with van der Waals surface area (Å²) < 4.78 is 51.4. The van der Waals surface area contributed by atoms with Crippen LogP contribution in [0.1, 0.15) is 16.7 Å². The lowest BCUT2D eigenvalue weighted by Crippen LogP contribution is -2.17. The van der Waals surface area contributed by atoms with Crippen molar-refractivity contribution in [3.8, 4) is 23.3 Å². The molecule has 0 bridgehead atoms. The maximum atomic E-state index is 12.9. The number of ether oxygens (including phenoxy) is 2. The Morgan fingerprint density at radius 1 is 1.12 bits per heavy atom. The van der Waals surface area contributed by atoms with Gasteiger partial charge in [-0.3, -0.25) is 14.3 Å². The zero-order chi connectivity index (χ0) is 22.9. The average Bonchev–Trinajstić information content (AvgIpc) is 3.14. The molecule has 164 valence electrons. The van der Waals surface area contributed by atoms with Gasteiger partial charge in [0.25, 0.3) is 5.56 Å². The van der Waals surface area contributed by atoms with Gasteiger partial charge < -0.3 is 14.4 Å². The standard InChI is InChI=1S/C22H17F3N4O3/c1-28-4-5-29-20(28)8-17(9-21(29)30)31-13-14-2-3-19(15(6-14)10-26)32-18-7-16(11-27-12-18)22(23,24)25/h2-3,6-9,11-12H,4-5,13H2,1H3. The van der Waals surface area contributed by atoms with Crippen LogP contribution in [0, 0.1) is 11.3 Å². The van der Waals surface area contributed by atoms with Gasteiger partial charge in [0.05, 0.1) is 17.3 Å². The molecule has 0 unspecified atom stereocenters. The molecular weight excluding hydrogens is 425 g/mol. The van der Waals surface area contributed by atoms with Crippen LogP contribution >= 0.6 is 0 Å². The molecule has 0 radical (unpaired) electrons. The summed E-state index contributed by atoms with van der Waals surface area (Å²) in [6.07, 6.45) is -2.72. The summed E-state index contributed by atoms with van der Waals surface area (Å²) >= 11 is 0. The van der Waals surface area contributed by atoms with Crippen molar-refractivity contribution in [1.29, 1.82) is 5.26 Å². The number of aromatic nitrogens is 2. The SMILES string of the molecule is CN1CCn2c1cc(OCc1ccc(Oc3cncc(C(F)(F)F)c3)c(C#N)c1)cc2=O. The zero-order valence-electron chi connectivity index (χ0n) is 16.9. The molecule has 32 heavy (non-hydrogen) atoms. The monoisotopic (exact) mass is 442 g/mol. The topological polar surface area (TPSA) is 80.4 Å². The van der Waals surface area contributed by atoms with E-state index < -0.39 is 11.7 Å². The van der Waals surface area contributed by atoms with Crippen LogP contribution in [-0.4, -0.2) is 23.1 Å². The van der Waals surface area contributed by atoms with Gasteiger partial charge in [0.15, 0.2) is 0 Å². The maximum Gasteiger partial charge on any atom is 0.418 e. The van der Waals surface area contributed by atoms with Gasteiger partial charge >= 0.3 is 6.18 Å². The van der Waals surface area contributed by atoms with E-state index in [9.17, 15) is 23.2 Å². The molecule has 0 saturated carbocycles. The molecule has 1 aliphatic rings. The van der Waals surface area contributed by atoms with E-state index in [-0.39, 0.29) is 29.2 Å². The summed E-state index contributed by atoms with van der Waals surface area (Å²) in [5.74, 6) is 1.13. The second-order valence-corrected chi connectivity index (χ2v) is 7.20. The Hall–Kier alpha value is -4.00. The molecule has 0 atom stereocenters. The van der Waals surface area contributed by atoms with E-state index in [1.165, 1.54) is 18.2 Å². The molecule has 4 rings (SSSR count). The molecule has 0 amide bonds. The summed E-state index contributed by atoms with van der Waals surface area (Å²) in [5.41, 5.74) is -0.352. The Kier molecular flexibility index (Phi) is 5.48. The van der Waals surface area contributed by atoms with E-state index in [2.05, 4.69) is 4.98 Å². The number of rotatable bonds is 5. The van der Waals surface area contributed by atoms with Crippen LogP contribution < -0.4 is 19.9 Å². The van der Waals surface area contributed by atoms with Gasteiger partial charge in [-0.2, -0.15) is 18.4 Å². The van der Waals surface area contributed by atoms with Crippen LogP contribution in [0.3, 0.4) is 0 Å². The highest BCUT2D eigenvalue weighted by atomic mass is 19.4. The van der Waals surface area contributed by atoms with Gasteiger partial charge in [-0.05, 0) is 23.8 Å². The lowest BCUT2D eigenvalue weighted by Gasteiger charge is -2.14. The Balaban J connectivity index is 1.50. The minimum atomic E-state index is -4.56. The fourth-order valence-corrected chi connectivity index (χ4v) is 3.31. The number of nitrogens with zero attached hydrogens (tertiary/aromatic N) is 4. The Morgan fingerprint density at radius 3 is 2.69 bits per heavy atom. The Bertz CT molecular complexity index is 1260. The molecule has 0 N–H and O–H groups in total. The predicted octanol–water partition coefficient (Wildman–Crippen LogP) is 3.95. The molecule has 0 aliphatic carbocycles. The summed E-state index contributed by atoms with van der Waals surface area (Å²) in [4.78, 5) is 17.7. The second-order valence-electron chi connectivity index (χ2n) is 7.20. The summed E-state index contributed by atoms with van der Waals surface area (Å²) in [6.45, 7) is 1.46. The van der Waals surface area contributed by atoms with Crippen LogP contribution in [-0.2, 0) is 19.3 Å². The molecule has 7 nitrogen and oxygen atoms in total. The van der Waals surface area contributed by atoms with Gasteiger partial charge in [-0.25, -0.2) is 0 Å². The quantitative estimate of drug-likeness (QED) is 0.595. The number of likely N-dealkylation sites (N-methyl/N-ethyl adjacent to an activating group) is 1. The number of nitriles is 1.